The number of benzene rings is 1. The van der Waals surface area contributed by atoms with E-state index >= 15 is 0 Å². The van der Waals surface area contributed by atoms with Gasteiger partial charge in [-0.1, -0.05) is 12.1 Å². The number of nitrogens with zero attached hydrogens (tertiary/aromatic N) is 4. The second kappa shape index (κ2) is 14.3. The van der Waals surface area contributed by atoms with Gasteiger partial charge in [0.2, 0.25) is 5.91 Å². The fraction of sp³-hybridized carbons (Fsp3) is 0.636. The van der Waals surface area contributed by atoms with Gasteiger partial charge in [0.1, 0.15) is 0 Å². The van der Waals surface area contributed by atoms with Crippen molar-refractivity contribution >= 4 is 41.5 Å². The maximum Gasteiger partial charge on any atom is 0.269 e. The normalized spacial score (nSPS) is 14.8. The fourth-order valence-electron chi connectivity index (χ4n) is 3.28. The Kier molecular flexibility index (Phi) is 12.6. The topological polar surface area (TPSA) is 112 Å². The average molecular weight is 576 g/mol. The highest BCUT2D eigenvalue weighted by Gasteiger charge is 2.17. The smallest absolute Gasteiger partial charge is 0.269 e. The number of halogens is 1. The number of aliphatic imine (C=N–C) groups is 1. The van der Waals surface area contributed by atoms with Crippen molar-refractivity contribution in [2.45, 2.75) is 39.3 Å². The largest absolute Gasteiger partial charge is 0.379 e. The summed E-state index contributed by atoms with van der Waals surface area (Å²) in [5.74, 6) is 0.535. The molecule has 11 heteroatoms. The quantitative estimate of drug-likeness (QED) is 0.116. The first kappa shape index (κ1) is 29.0. The number of non-ortho nitro benzene ring substituents is 1. The van der Waals surface area contributed by atoms with Crippen molar-refractivity contribution in [1.82, 2.24) is 20.4 Å². The average Bonchev–Trinajstić information content (AvgIpc) is 2.72. The van der Waals surface area contributed by atoms with E-state index in [1.807, 2.05) is 27.8 Å². The van der Waals surface area contributed by atoms with Crippen molar-refractivity contribution in [3.05, 3.63) is 39.9 Å². The second-order valence-corrected chi connectivity index (χ2v) is 8.95. The molecule has 1 aliphatic rings. The standard InChI is InChI=1S/C22H36N6O4.HI/c1-22(2,3)25-20(29)17-26(4)21(23-10-5-11-27-12-14-32-15-13-27)24-16-18-6-8-19(9-7-18)28(30)31;/h6-9H,5,10-17H2,1-4H3,(H,23,24)(H,25,29);1H. The minimum atomic E-state index is -0.421. The lowest BCUT2D eigenvalue weighted by molar-refractivity contribution is -0.384. The van der Waals surface area contributed by atoms with E-state index in [1.165, 1.54) is 12.1 Å². The Morgan fingerprint density at radius 1 is 1.24 bits per heavy atom. The molecule has 1 amide bonds. The van der Waals surface area contributed by atoms with Crippen LogP contribution in [0.2, 0.25) is 0 Å². The summed E-state index contributed by atoms with van der Waals surface area (Å²) in [5, 5.41) is 17.2. The van der Waals surface area contributed by atoms with Gasteiger partial charge in [-0.2, -0.15) is 0 Å². The van der Waals surface area contributed by atoms with Crippen LogP contribution in [0.3, 0.4) is 0 Å². The van der Waals surface area contributed by atoms with Crippen LogP contribution in [0.1, 0.15) is 32.8 Å². The lowest BCUT2D eigenvalue weighted by atomic mass is 10.1. The molecular formula is C22H37IN6O4. The summed E-state index contributed by atoms with van der Waals surface area (Å²) in [7, 11) is 1.83. The zero-order valence-corrected chi connectivity index (χ0v) is 22.3. The van der Waals surface area contributed by atoms with E-state index in [2.05, 4.69) is 20.5 Å². The molecule has 186 valence electrons. The third-order valence-corrected chi connectivity index (χ3v) is 4.85. The number of nitrogens with one attached hydrogen (secondary N) is 2. The summed E-state index contributed by atoms with van der Waals surface area (Å²) in [4.78, 5) is 31.6. The zero-order valence-electron chi connectivity index (χ0n) is 20.0. The second-order valence-electron chi connectivity index (χ2n) is 8.95. The number of likely N-dealkylation sites (N-methyl/N-ethyl adjacent to an activating group) is 1. The predicted molar refractivity (Wildman–Crippen MR) is 140 cm³/mol. The van der Waals surface area contributed by atoms with Crippen LogP contribution in [0.25, 0.3) is 0 Å². The van der Waals surface area contributed by atoms with Gasteiger partial charge in [0.05, 0.1) is 31.2 Å². The summed E-state index contributed by atoms with van der Waals surface area (Å²) in [6, 6.07) is 6.34. The molecule has 0 saturated carbocycles. The van der Waals surface area contributed by atoms with Gasteiger partial charge in [-0.05, 0) is 39.3 Å². The minimum Gasteiger partial charge on any atom is -0.379 e. The van der Waals surface area contributed by atoms with Crippen molar-refractivity contribution in [2.24, 2.45) is 4.99 Å². The van der Waals surface area contributed by atoms with Crippen LogP contribution in [0.4, 0.5) is 5.69 Å². The van der Waals surface area contributed by atoms with Gasteiger partial charge in [0.25, 0.3) is 5.69 Å². The SMILES string of the molecule is CN(CC(=O)NC(C)(C)C)C(=NCc1ccc([N+](=O)[O-])cc1)NCCCN1CCOCC1.I. The van der Waals surface area contributed by atoms with E-state index in [-0.39, 0.29) is 47.7 Å². The molecule has 0 unspecified atom stereocenters. The first-order chi connectivity index (χ1) is 15.1. The number of guanidine groups is 1. The van der Waals surface area contributed by atoms with Gasteiger partial charge in [0.15, 0.2) is 5.96 Å². The van der Waals surface area contributed by atoms with Gasteiger partial charge in [-0.25, -0.2) is 4.99 Å². The molecule has 1 saturated heterocycles. The lowest BCUT2D eigenvalue weighted by Gasteiger charge is -2.27. The van der Waals surface area contributed by atoms with E-state index in [1.54, 1.807) is 17.0 Å². The summed E-state index contributed by atoms with van der Waals surface area (Å²) in [6.07, 6.45) is 0.943. The highest BCUT2D eigenvalue weighted by atomic mass is 127. The molecule has 0 aromatic heterocycles. The molecule has 1 aromatic rings. The van der Waals surface area contributed by atoms with Crippen molar-refractivity contribution < 1.29 is 14.5 Å². The first-order valence-corrected chi connectivity index (χ1v) is 11.0. The Bertz CT molecular complexity index is 776. The Morgan fingerprint density at radius 2 is 1.88 bits per heavy atom. The van der Waals surface area contributed by atoms with Crippen LogP contribution in [-0.4, -0.2) is 85.1 Å². The molecule has 0 aliphatic carbocycles. The molecule has 1 fully saturated rings. The van der Waals surface area contributed by atoms with Gasteiger partial charge < -0.3 is 20.3 Å². The van der Waals surface area contributed by atoms with E-state index < -0.39 is 4.92 Å². The number of hydrogen-bond donors (Lipinski definition) is 2. The van der Waals surface area contributed by atoms with Gasteiger partial charge in [-0.15, -0.1) is 24.0 Å². The fourth-order valence-corrected chi connectivity index (χ4v) is 3.28. The van der Waals surface area contributed by atoms with E-state index in [9.17, 15) is 14.9 Å². The Morgan fingerprint density at radius 3 is 2.45 bits per heavy atom. The van der Waals surface area contributed by atoms with Crippen LogP contribution in [0.5, 0.6) is 0 Å². The number of ether oxygens (including phenoxy) is 1. The molecular weight excluding hydrogens is 539 g/mol. The molecule has 0 spiro atoms. The third kappa shape index (κ3) is 11.6. The predicted octanol–water partition coefficient (Wildman–Crippen LogP) is 2.23. The monoisotopic (exact) mass is 576 g/mol. The van der Waals surface area contributed by atoms with Gasteiger partial charge in [-0.3, -0.25) is 19.8 Å². The molecule has 33 heavy (non-hydrogen) atoms. The van der Waals surface area contributed by atoms with Crippen LogP contribution in [0.15, 0.2) is 29.3 Å². The van der Waals surface area contributed by atoms with Crippen LogP contribution < -0.4 is 10.6 Å². The lowest BCUT2D eigenvalue weighted by Crippen LogP contribution is -2.49. The number of carbonyl (C=O) groups excluding carboxylic acids is 1. The van der Waals surface area contributed by atoms with Crippen LogP contribution >= 0.6 is 24.0 Å². The number of morpholine rings is 1. The Balaban J connectivity index is 0.00000544. The molecule has 0 bridgehead atoms. The Hall–Kier alpha value is -1.99. The molecule has 1 heterocycles. The maximum atomic E-state index is 12.4. The number of nitro groups is 1. The van der Waals surface area contributed by atoms with E-state index in [4.69, 9.17) is 4.74 Å². The summed E-state index contributed by atoms with van der Waals surface area (Å²) in [5.41, 5.74) is 0.602. The number of nitro benzene ring substituents is 1. The van der Waals surface area contributed by atoms with Crippen molar-refractivity contribution in [3.63, 3.8) is 0 Å². The molecule has 1 aromatic carbocycles. The molecule has 2 N–H and O–H groups in total. The highest BCUT2D eigenvalue weighted by Crippen LogP contribution is 2.12. The minimum absolute atomic E-state index is 0. The van der Waals surface area contributed by atoms with E-state index in [0.717, 1.165) is 51.4 Å². The van der Waals surface area contributed by atoms with Crippen molar-refractivity contribution in [3.8, 4) is 0 Å². The molecule has 1 aliphatic heterocycles. The summed E-state index contributed by atoms with van der Waals surface area (Å²) in [6.45, 7) is 11.5. The van der Waals surface area contributed by atoms with Crippen molar-refractivity contribution in [1.29, 1.82) is 0 Å². The molecule has 10 nitrogen and oxygen atoms in total. The number of hydrogen-bond acceptors (Lipinski definition) is 6. The summed E-state index contributed by atoms with van der Waals surface area (Å²) < 4.78 is 5.38. The number of carbonyl (C=O) groups is 1. The summed E-state index contributed by atoms with van der Waals surface area (Å²) >= 11 is 0. The van der Waals surface area contributed by atoms with E-state index in [0.29, 0.717) is 12.5 Å². The van der Waals surface area contributed by atoms with Crippen LogP contribution in [-0.2, 0) is 16.1 Å². The molecule has 2 rings (SSSR count). The maximum absolute atomic E-state index is 12.4. The molecule has 0 radical (unpaired) electrons. The number of amides is 1. The van der Waals surface area contributed by atoms with Gasteiger partial charge in [0, 0.05) is 44.4 Å². The van der Waals surface area contributed by atoms with Gasteiger partial charge >= 0.3 is 0 Å². The third-order valence-electron chi connectivity index (χ3n) is 4.85. The van der Waals surface area contributed by atoms with Crippen molar-refractivity contribution in [2.75, 3.05) is 53.0 Å². The van der Waals surface area contributed by atoms with Crippen LogP contribution in [0, 0.1) is 10.1 Å². The highest BCUT2D eigenvalue weighted by molar-refractivity contribution is 14.0. The Labute approximate surface area is 213 Å². The zero-order chi connectivity index (χ0) is 23.6. The first-order valence-electron chi connectivity index (χ1n) is 11.0. The molecule has 0 atom stereocenters. The number of rotatable bonds is 9.